The van der Waals surface area contributed by atoms with Crippen LogP contribution in [-0.2, 0) is 0 Å². The molecule has 0 aliphatic rings. The molecule has 3 aromatic heterocycles. The summed E-state index contributed by atoms with van der Waals surface area (Å²) in [6.45, 7) is 0. The molecular formula is C13H8Cl2N6S. The average molecular weight is 351 g/mol. The third-order valence-electron chi connectivity index (χ3n) is 3.28. The van der Waals surface area contributed by atoms with E-state index in [1.807, 2.05) is 16.7 Å². The van der Waals surface area contributed by atoms with Gasteiger partial charge in [0.25, 0.3) is 0 Å². The van der Waals surface area contributed by atoms with Gasteiger partial charge < -0.3 is 0 Å². The van der Waals surface area contributed by atoms with Gasteiger partial charge in [0.15, 0.2) is 16.5 Å². The smallest absolute Gasteiger partial charge is 0.196 e. The molecule has 0 aliphatic carbocycles. The molecule has 9 heteroatoms. The van der Waals surface area contributed by atoms with Gasteiger partial charge in [0.2, 0.25) is 0 Å². The Hall–Kier alpha value is -1.83. The molecule has 0 saturated carbocycles. The third kappa shape index (κ3) is 1.97. The van der Waals surface area contributed by atoms with Crippen LogP contribution in [0, 0.1) is 0 Å². The second kappa shape index (κ2) is 5.12. The SMILES string of the molecule is CSc1nnc2c3cnn(-c4ccc(Cl)c(Cl)c4)c3ncn12. The number of benzene rings is 1. The normalized spacial score (nSPS) is 11.6. The minimum absolute atomic E-state index is 0.469. The molecule has 1 aromatic carbocycles. The van der Waals surface area contributed by atoms with E-state index in [0.717, 1.165) is 21.9 Å². The molecule has 4 rings (SSSR count). The van der Waals surface area contributed by atoms with E-state index in [1.165, 1.54) is 11.8 Å². The van der Waals surface area contributed by atoms with Gasteiger partial charge in [-0.15, -0.1) is 10.2 Å². The van der Waals surface area contributed by atoms with Crippen molar-refractivity contribution in [2.75, 3.05) is 6.26 Å². The Balaban J connectivity index is 1.98. The zero-order valence-corrected chi connectivity index (χ0v) is 13.6. The second-order valence-electron chi connectivity index (χ2n) is 4.52. The zero-order chi connectivity index (χ0) is 15.3. The van der Waals surface area contributed by atoms with E-state index in [0.29, 0.717) is 15.7 Å². The van der Waals surface area contributed by atoms with Gasteiger partial charge in [0.1, 0.15) is 6.33 Å². The topological polar surface area (TPSA) is 60.9 Å². The molecule has 0 spiro atoms. The number of hydrogen-bond donors (Lipinski definition) is 0. The summed E-state index contributed by atoms with van der Waals surface area (Å²) in [5, 5.41) is 15.3. The predicted octanol–water partition coefficient (Wildman–Crippen LogP) is 3.49. The molecule has 0 saturated heterocycles. The lowest BCUT2D eigenvalue weighted by Crippen LogP contribution is -1.99. The van der Waals surface area contributed by atoms with Crippen molar-refractivity contribution >= 4 is 51.6 Å². The van der Waals surface area contributed by atoms with Crippen molar-refractivity contribution in [1.82, 2.24) is 29.4 Å². The fourth-order valence-electron chi connectivity index (χ4n) is 2.25. The lowest BCUT2D eigenvalue weighted by atomic mass is 10.3. The highest BCUT2D eigenvalue weighted by molar-refractivity contribution is 7.98. The Morgan fingerprint density at radius 3 is 2.73 bits per heavy atom. The van der Waals surface area contributed by atoms with Crippen molar-refractivity contribution in [2.45, 2.75) is 5.16 Å². The Bertz CT molecular complexity index is 1010. The van der Waals surface area contributed by atoms with Crippen LogP contribution in [0.4, 0.5) is 0 Å². The van der Waals surface area contributed by atoms with E-state index in [2.05, 4.69) is 20.3 Å². The van der Waals surface area contributed by atoms with Gasteiger partial charge in [-0.1, -0.05) is 35.0 Å². The molecule has 0 unspecified atom stereocenters. The summed E-state index contributed by atoms with van der Waals surface area (Å²) in [4.78, 5) is 4.47. The third-order valence-corrected chi connectivity index (χ3v) is 4.66. The fourth-order valence-corrected chi connectivity index (χ4v) is 2.99. The molecule has 0 fully saturated rings. The Morgan fingerprint density at radius 1 is 1.09 bits per heavy atom. The van der Waals surface area contributed by atoms with Crippen molar-refractivity contribution in [2.24, 2.45) is 0 Å². The molecule has 4 aromatic rings. The van der Waals surface area contributed by atoms with Crippen molar-refractivity contribution < 1.29 is 0 Å². The molecule has 0 radical (unpaired) electrons. The van der Waals surface area contributed by atoms with Crippen LogP contribution in [0.3, 0.4) is 0 Å². The van der Waals surface area contributed by atoms with Crippen LogP contribution in [0.5, 0.6) is 0 Å². The average Bonchev–Trinajstić information content (AvgIpc) is 3.12. The number of fused-ring (bicyclic) bond motifs is 3. The maximum absolute atomic E-state index is 6.08. The first-order valence-corrected chi connectivity index (χ1v) is 8.24. The molecular weight excluding hydrogens is 343 g/mol. The summed E-state index contributed by atoms with van der Waals surface area (Å²) < 4.78 is 3.54. The van der Waals surface area contributed by atoms with Crippen LogP contribution in [-0.4, -0.2) is 35.6 Å². The van der Waals surface area contributed by atoms with Gasteiger partial charge >= 0.3 is 0 Å². The van der Waals surface area contributed by atoms with Crippen molar-refractivity contribution in [1.29, 1.82) is 0 Å². The molecule has 110 valence electrons. The van der Waals surface area contributed by atoms with Gasteiger partial charge in [-0.2, -0.15) is 5.10 Å². The summed E-state index contributed by atoms with van der Waals surface area (Å²) >= 11 is 13.5. The van der Waals surface area contributed by atoms with Crippen LogP contribution in [0.15, 0.2) is 35.9 Å². The van der Waals surface area contributed by atoms with E-state index in [9.17, 15) is 0 Å². The van der Waals surface area contributed by atoms with Crippen LogP contribution in [0.25, 0.3) is 22.4 Å². The van der Waals surface area contributed by atoms with Gasteiger partial charge in [-0.25, -0.2) is 9.67 Å². The molecule has 0 atom stereocenters. The van der Waals surface area contributed by atoms with E-state index >= 15 is 0 Å². The summed E-state index contributed by atoms with van der Waals surface area (Å²) in [5.41, 5.74) is 2.19. The molecule has 0 amide bonds. The van der Waals surface area contributed by atoms with Crippen LogP contribution < -0.4 is 0 Å². The zero-order valence-electron chi connectivity index (χ0n) is 11.2. The number of halogens is 2. The minimum Gasteiger partial charge on any atom is -0.260 e. The highest BCUT2D eigenvalue weighted by Gasteiger charge is 2.14. The van der Waals surface area contributed by atoms with Gasteiger partial charge in [-0.05, 0) is 24.5 Å². The van der Waals surface area contributed by atoms with Gasteiger partial charge in [-0.3, -0.25) is 4.40 Å². The lowest BCUT2D eigenvalue weighted by molar-refractivity contribution is 0.880. The Kier molecular flexibility index (Phi) is 3.21. The van der Waals surface area contributed by atoms with Crippen molar-refractivity contribution in [3.05, 3.63) is 40.8 Å². The van der Waals surface area contributed by atoms with E-state index in [1.54, 1.807) is 29.3 Å². The van der Waals surface area contributed by atoms with Gasteiger partial charge in [0, 0.05) is 0 Å². The summed E-state index contributed by atoms with van der Waals surface area (Å²) in [6.07, 6.45) is 5.36. The molecule has 22 heavy (non-hydrogen) atoms. The van der Waals surface area contributed by atoms with Crippen LogP contribution in [0.2, 0.25) is 10.0 Å². The van der Waals surface area contributed by atoms with E-state index in [-0.39, 0.29) is 0 Å². The predicted molar refractivity (Wildman–Crippen MR) is 87.2 cm³/mol. The van der Waals surface area contributed by atoms with Gasteiger partial charge in [0.05, 0.1) is 27.3 Å². The first kappa shape index (κ1) is 13.8. The maximum Gasteiger partial charge on any atom is 0.196 e. The van der Waals surface area contributed by atoms with Crippen molar-refractivity contribution in [3.8, 4) is 5.69 Å². The minimum atomic E-state index is 0.469. The highest BCUT2D eigenvalue weighted by Crippen LogP contribution is 2.27. The van der Waals surface area contributed by atoms with Crippen LogP contribution in [0.1, 0.15) is 0 Å². The second-order valence-corrected chi connectivity index (χ2v) is 6.10. The number of nitrogens with zero attached hydrogens (tertiary/aromatic N) is 6. The lowest BCUT2D eigenvalue weighted by Gasteiger charge is -2.04. The molecule has 0 bridgehead atoms. The maximum atomic E-state index is 6.08. The summed E-state index contributed by atoms with van der Waals surface area (Å²) in [5.74, 6) is 0. The van der Waals surface area contributed by atoms with E-state index in [4.69, 9.17) is 23.2 Å². The molecule has 0 aliphatic heterocycles. The molecule has 6 nitrogen and oxygen atoms in total. The Labute approximate surface area is 139 Å². The van der Waals surface area contributed by atoms with Crippen molar-refractivity contribution in [3.63, 3.8) is 0 Å². The number of thioether (sulfide) groups is 1. The standard InChI is InChI=1S/C13H8Cl2N6S/c1-22-13-19-18-12-8-5-17-21(11(8)16-6-20(12)13)7-2-3-9(14)10(15)4-7/h2-6H,1H3. The molecule has 0 N–H and O–H groups in total. The fraction of sp³-hybridized carbons (Fsp3) is 0.0769. The Morgan fingerprint density at radius 2 is 1.95 bits per heavy atom. The first-order valence-electron chi connectivity index (χ1n) is 6.26. The molecule has 3 heterocycles. The quantitative estimate of drug-likeness (QED) is 0.518. The largest absolute Gasteiger partial charge is 0.260 e. The number of aromatic nitrogens is 6. The first-order chi connectivity index (χ1) is 10.7. The number of hydrogen-bond acceptors (Lipinski definition) is 5. The summed E-state index contributed by atoms with van der Waals surface area (Å²) in [7, 11) is 0. The van der Waals surface area contributed by atoms with Crippen LogP contribution >= 0.6 is 35.0 Å². The number of rotatable bonds is 2. The highest BCUT2D eigenvalue weighted by atomic mass is 35.5. The monoisotopic (exact) mass is 350 g/mol. The van der Waals surface area contributed by atoms with E-state index < -0.39 is 0 Å². The summed E-state index contributed by atoms with van der Waals surface area (Å²) in [6, 6.07) is 5.32.